The van der Waals surface area contributed by atoms with Crippen molar-refractivity contribution in [2.75, 3.05) is 16.0 Å². The van der Waals surface area contributed by atoms with Gasteiger partial charge in [-0.15, -0.1) is 0 Å². The topological polar surface area (TPSA) is 157 Å². The average molecular weight is 775 g/mol. The molecule has 0 heterocycles. The molecule has 6 N–H and O–H groups in total. The molecule has 0 aliphatic heterocycles. The summed E-state index contributed by atoms with van der Waals surface area (Å²) in [7, 11) is 0. The van der Waals surface area contributed by atoms with Crippen LogP contribution in [0.4, 0.5) is 17.1 Å². The zero-order valence-corrected chi connectivity index (χ0v) is 31.2. The van der Waals surface area contributed by atoms with Gasteiger partial charge in [0.2, 0.25) is 0 Å². The van der Waals surface area contributed by atoms with Gasteiger partial charge in [-0.1, -0.05) is 84.9 Å². The summed E-state index contributed by atoms with van der Waals surface area (Å²) in [6.07, 6.45) is 3.63. The predicted molar refractivity (Wildman–Crippen MR) is 231 cm³/mol. The predicted octanol–water partition coefficient (Wildman–Crippen LogP) is 9.81. The Hall–Kier alpha value is -8.24. The minimum absolute atomic E-state index is 0.0303. The van der Waals surface area contributed by atoms with Gasteiger partial charge in [-0.25, -0.2) is 0 Å². The molecule has 0 aromatic heterocycles. The van der Waals surface area contributed by atoms with Gasteiger partial charge in [-0.3, -0.25) is 19.2 Å². The molecule has 10 nitrogen and oxygen atoms in total. The maximum Gasteiger partial charge on any atom is 0.259 e. The molecule has 0 radical (unpaired) electrons. The van der Waals surface area contributed by atoms with Gasteiger partial charge in [0.25, 0.3) is 23.6 Å². The van der Waals surface area contributed by atoms with Gasteiger partial charge in [0.05, 0.1) is 17.2 Å². The summed E-state index contributed by atoms with van der Waals surface area (Å²) in [5, 5.41) is 37.8. The maximum atomic E-state index is 13.8. The quantitative estimate of drug-likeness (QED) is 0.0903. The van der Waals surface area contributed by atoms with E-state index in [9.17, 15) is 29.4 Å². The third-order valence-corrected chi connectivity index (χ3v) is 10.4. The van der Waals surface area contributed by atoms with E-state index in [1.807, 2.05) is 72.8 Å². The number of aromatic hydroxyl groups is 2. The van der Waals surface area contributed by atoms with Crippen molar-refractivity contribution in [1.29, 1.82) is 0 Å². The number of nitrogens with one attached hydrogen (secondary N) is 4. The fraction of sp³-hybridized carbons (Fsp3) is 0.0204. The Bertz CT molecular complexity index is 3050. The number of phenolic OH excluding ortho intramolecular Hbond substituents is 2. The molecule has 10 heteroatoms. The lowest BCUT2D eigenvalue weighted by Gasteiger charge is -2.24. The Morgan fingerprint density at radius 2 is 1.00 bits per heavy atom. The van der Waals surface area contributed by atoms with Gasteiger partial charge < -0.3 is 31.5 Å². The van der Waals surface area contributed by atoms with Gasteiger partial charge in [0.15, 0.2) is 0 Å². The van der Waals surface area contributed by atoms with E-state index in [0.29, 0.717) is 55.3 Å². The molecule has 59 heavy (non-hydrogen) atoms. The highest BCUT2D eigenvalue weighted by Crippen LogP contribution is 2.39. The van der Waals surface area contributed by atoms with Crippen molar-refractivity contribution in [2.24, 2.45) is 0 Å². The van der Waals surface area contributed by atoms with E-state index < -0.39 is 17.9 Å². The molecular formula is C49H34N4O6. The lowest BCUT2D eigenvalue weighted by molar-refractivity contribution is 0.0940. The van der Waals surface area contributed by atoms with Crippen LogP contribution < -0.4 is 21.3 Å². The summed E-state index contributed by atoms with van der Waals surface area (Å²) in [4.78, 5) is 53.6. The van der Waals surface area contributed by atoms with E-state index in [1.165, 1.54) is 12.1 Å². The number of anilines is 3. The molecule has 0 saturated carbocycles. The summed E-state index contributed by atoms with van der Waals surface area (Å²) in [5.74, 6) is -2.10. The smallest absolute Gasteiger partial charge is 0.259 e. The van der Waals surface area contributed by atoms with Crippen molar-refractivity contribution in [3.05, 3.63) is 191 Å². The zero-order chi connectivity index (χ0) is 40.6. The van der Waals surface area contributed by atoms with Crippen LogP contribution in [0.3, 0.4) is 0 Å². The first-order valence-corrected chi connectivity index (χ1v) is 18.8. The highest BCUT2D eigenvalue weighted by atomic mass is 16.3. The van der Waals surface area contributed by atoms with E-state index in [0.717, 1.165) is 16.3 Å². The highest BCUT2D eigenvalue weighted by Gasteiger charge is 2.24. The van der Waals surface area contributed by atoms with E-state index >= 15 is 0 Å². The van der Waals surface area contributed by atoms with Gasteiger partial charge in [0.1, 0.15) is 11.5 Å². The Morgan fingerprint density at radius 3 is 1.58 bits per heavy atom. The summed E-state index contributed by atoms with van der Waals surface area (Å²) in [6, 6.07) is 43.2. The van der Waals surface area contributed by atoms with Gasteiger partial charge in [0, 0.05) is 33.8 Å². The molecule has 0 fully saturated rings. The van der Waals surface area contributed by atoms with Gasteiger partial charge in [-0.05, 0) is 117 Å². The van der Waals surface area contributed by atoms with Crippen LogP contribution >= 0.6 is 0 Å². The van der Waals surface area contributed by atoms with E-state index in [4.69, 9.17) is 0 Å². The fourth-order valence-electron chi connectivity index (χ4n) is 7.48. The molecule has 8 aromatic rings. The number of carbonyl (C=O) groups is 4. The Kier molecular flexibility index (Phi) is 9.26. The second-order valence-corrected chi connectivity index (χ2v) is 14.2. The largest absolute Gasteiger partial charge is 0.507 e. The van der Waals surface area contributed by atoms with Crippen molar-refractivity contribution < 1.29 is 29.4 Å². The monoisotopic (exact) mass is 774 g/mol. The van der Waals surface area contributed by atoms with Crippen molar-refractivity contribution in [3.63, 3.8) is 0 Å². The number of amides is 4. The summed E-state index contributed by atoms with van der Waals surface area (Å²) < 4.78 is 0. The Balaban J connectivity index is 0.959. The second-order valence-electron chi connectivity index (χ2n) is 14.2. The highest BCUT2D eigenvalue weighted by molar-refractivity contribution is 6.13. The second kappa shape index (κ2) is 15.0. The molecule has 9 rings (SSSR count). The van der Waals surface area contributed by atoms with Crippen LogP contribution in [0.5, 0.6) is 11.5 Å². The number of rotatable bonds is 8. The van der Waals surface area contributed by atoms with Crippen LogP contribution in [0.25, 0.3) is 38.4 Å². The van der Waals surface area contributed by atoms with E-state index in [-0.39, 0.29) is 34.4 Å². The van der Waals surface area contributed by atoms with Crippen LogP contribution in [0.2, 0.25) is 0 Å². The average Bonchev–Trinajstić information content (AvgIpc) is 3.25. The number of carbonyl (C=O) groups excluding carboxylic acids is 4. The number of benzene rings is 8. The normalized spacial score (nSPS) is 12.9. The lowest BCUT2D eigenvalue weighted by Crippen LogP contribution is -2.28. The summed E-state index contributed by atoms with van der Waals surface area (Å²) >= 11 is 0. The molecule has 286 valence electrons. The molecule has 1 aliphatic carbocycles. The summed E-state index contributed by atoms with van der Waals surface area (Å²) in [5.41, 5.74) is 4.16. The summed E-state index contributed by atoms with van der Waals surface area (Å²) in [6.45, 7) is 0. The van der Waals surface area contributed by atoms with Crippen molar-refractivity contribution in [2.45, 2.75) is 6.04 Å². The van der Waals surface area contributed by atoms with Gasteiger partial charge in [-0.2, -0.15) is 0 Å². The molecule has 1 unspecified atom stereocenters. The first kappa shape index (κ1) is 36.4. The SMILES string of the molecule is O=C(Nc1ccccc1)c1ccc2cc(O)c(C(=O)Nc3ccc4cccc5c4c3C=CC5NC(=O)c3cc4cc(C(=O)Nc5ccccc5)ccc4cc3O)cc2c1. The molecule has 0 spiro atoms. The number of phenols is 2. The van der Waals surface area contributed by atoms with Crippen LogP contribution in [-0.4, -0.2) is 33.8 Å². The van der Waals surface area contributed by atoms with Gasteiger partial charge >= 0.3 is 0 Å². The first-order valence-electron chi connectivity index (χ1n) is 18.8. The molecule has 8 aromatic carbocycles. The third-order valence-electron chi connectivity index (χ3n) is 10.4. The van der Waals surface area contributed by atoms with Crippen LogP contribution in [0.1, 0.15) is 58.6 Å². The molecule has 4 amide bonds. The number of hydrogen-bond acceptors (Lipinski definition) is 6. The Labute approximate surface area is 337 Å². The van der Waals surface area contributed by atoms with Crippen LogP contribution in [0.15, 0.2) is 158 Å². The molecule has 0 bridgehead atoms. The van der Waals surface area contributed by atoms with Crippen LogP contribution in [0, 0.1) is 0 Å². The van der Waals surface area contributed by atoms with Crippen molar-refractivity contribution >= 4 is 79.1 Å². The zero-order valence-electron chi connectivity index (χ0n) is 31.2. The number of fused-ring (bicyclic) bond motifs is 2. The van der Waals surface area contributed by atoms with E-state index in [1.54, 1.807) is 78.9 Å². The van der Waals surface area contributed by atoms with Crippen LogP contribution in [-0.2, 0) is 0 Å². The minimum atomic E-state index is -0.583. The maximum absolute atomic E-state index is 13.8. The first-order chi connectivity index (χ1) is 28.7. The number of hydrogen-bond donors (Lipinski definition) is 6. The Morgan fingerprint density at radius 1 is 0.458 bits per heavy atom. The third kappa shape index (κ3) is 7.18. The fourth-order valence-corrected chi connectivity index (χ4v) is 7.48. The number of para-hydroxylation sites is 2. The molecule has 0 saturated heterocycles. The van der Waals surface area contributed by atoms with Crippen molar-refractivity contribution in [3.8, 4) is 11.5 Å². The van der Waals surface area contributed by atoms with Crippen molar-refractivity contribution in [1.82, 2.24) is 5.32 Å². The molecular weight excluding hydrogens is 741 g/mol. The van der Waals surface area contributed by atoms with E-state index in [2.05, 4.69) is 21.3 Å². The lowest BCUT2D eigenvalue weighted by atomic mass is 9.88. The minimum Gasteiger partial charge on any atom is -0.507 e. The standard InChI is InChI=1S/C49H34N4O6/c54-43-26-29-14-16-31(46(56)50-35-9-3-1-4-10-35)22-33(29)24-39(43)48(58)52-41-20-18-28-8-7-13-37-42(21-19-38(41)45(28)37)53-49(59)40-25-34-23-32(17-15-30(34)27-44(40)55)47(57)51-36-11-5-2-6-12-36/h1-27,42,54-55H,(H,50,56)(H,51,57)(H,52,58)(H,53,59). The molecule has 1 aliphatic rings. The molecule has 1 atom stereocenters.